The Morgan fingerprint density at radius 2 is 2.17 bits per heavy atom. The maximum absolute atomic E-state index is 13.0. The van der Waals surface area contributed by atoms with E-state index in [0.717, 1.165) is 22.2 Å². The van der Waals surface area contributed by atoms with Crippen molar-refractivity contribution >= 4 is 10.9 Å². The third-order valence-electron chi connectivity index (χ3n) is 4.02. The van der Waals surface area contributed by atoms with Crippen LogP contribution >= 0.6 is 0 Å². The minimum Gasteiger partial charge on any atom is -0.494 e. The summed E-state index contributed by atoms with van der Waals surface area (Å²) in [7, 11) is 0. The zero-order valence-electron chi connectivity index (χ0n) is 13.7. The van der Waals surface area contributed by atoms with Gasteiger partial charge in [0.05, 0.1) is 12.6 Å². The van der Waals surface area contributed by atoms with E-state index in [1.165, 1.54) is 0 Å². The van der Waals surface area contributed by atoms with Gasteiger partial charge in [-0.05, 0) is 44.0 Å². The number of H-pyrrole nitrogens is 1. The van der Waals surface area contributed by atoms with Gasteiger partial charge in [0.25, 0.3) is 6.43 Å². The first-order valence-electron chi connectivity index (χ1n) is 7.92. The summed E-state index contributed by atoms with van der Waals surface area (Å²) in [6.45, 7) is 8.79. The number of benzene rings is 1. The number of hydrogen-bond donors (Lipinski definition) is 1. The van der Waals surface area contributed by atoms with E-state index in [-0.39, 0.29) is 0 Å². The van der Waals surface area contributed by atoms with Gasteiger partial charge in [-0.2, -0.15) is 0 Å². The topological polar surface area (TPSA) is 28.3 Å². The normalized spacial score (nSPS) is 13.0. The Labute approximate surface area is 135 Å². The molecule has 23 heavy (non-hydrogen) atoms. The Balaban J connectivity index is 2.13. The predicted octanol–water partition coefficient (Wildman–Crippen LogP) is 4.25. The van der Waals surface area contributed by atoms with Crippen LogP contribution in [0.1, 0.15) is 19.4 Å². The van der Waals surface area contributed by atoms with Crippen molar-refractivity contribution in [3.8, 4) is 5.75 Å². The molecule has 0 amide bonds. The number of rotatable bonds is 9. The van der Waals surface area contributed by atoms with Crippen molar-refractivity contribution in [2.45, 2.75) is 32.7 Å². The molecule has 0 bridgehead atoms. The molecule has 0 aliphatic carbocycles. The summed E-state index contributed by atoms with van der Waals surface area (Å²) in [6.07, 6.45) is 1.95. The predicted molar refractivity (Wildman–Crippen MR) is 90.4 cm³/mol. The van der Waals surface area contributed by atoms with Crippen molar-refractivity contribution in [2.24, 2.45) is 0 Å². The highest BCUT2D eigenvalue weighted by molar-refractivity contribution is 5.84. The summed E-state index contributed by atoms with van der Waals surface area (Å²) >= 11 is 0. The molecule has 2 aromatic rings. The van der Waals surface area contributed by atoms with Crippen molar-refractivity contribution in [3.05, 3.63) is 42.6 Å². The lowest BCUT2D eigenvalue weighted by molar-refractivity contribution is 0.0408. The summed E-state index contributed by atoms with van der Waals surface area (Å²) in [5.41, 5.74) is 2.14. The molecular formula is C18H24F2N2O. The smallest absolute Gasteiger partial charge is 0.253 e. The first-order chi connectivity index (χ1) is 11.1. The molecule has 126 valence electrons. The number of nitrogens with one attached hydrogen (secondary N) is 1. The van der Waals surface area contributed by atoms with E-state index in [4.69, 9.17) is 4.74 Å². The lowest BCUT2D eigenvalue weighted by Crippen LogP contribution is -2.39. The number of aromatic nitrogens is 1. The number of aromatic amines is 1. The Morgan fingerprint density at radius 1 is 1.39 bits per heavy atom. The summed E-state index contributed by atoms with van der Waals surface area (Å²) in [5.74, 6) is 0.824. The molecular weight excluding hydrogens is 298 g/mol. The average Bonchev–Trinajstić information content (AvgIpc) is 2.93. The van der Waals surface area contributed by atoms with Gasteiger partial charge in [0.1, 0.15) is 5.75 Å². The van der Waals surface area contributed by atoms with E-state index in [1.54, 1.807) is 17.9 Å². The molecule has 0 radical (unpaired) electrons. The van der Waals surface area contributed by atoms with Gasteiger partial charge in [-0.3, -0.25) is 4.90 Å². The summed E-state index contributed by atoms with van der Waals surface area (Å²) in [6, 6.07) is 5.12. The van der Waals surface area contributed by atoms with Gasteiger partial charge in [-0.1, -0.05) is 6.08 Å². The van der Waals surface area contributed by atoms with E-state index in [9.17, 15) is 8.78 Å². The fraction of sp³-hybridized carbons (Fsp3) is 0.444. The van der Waals surface area contributed by atoms with Crippen LogP contribution in [0.5, 0.6) is 5.75 Å². The Bertz CT molecular complexity index is 639. The van der Waals surface area contributed by atoms with Crippen molar-refractivity contribution in [2.75, 3.05) is 19.7 Å². The SMILES string of the molecule is C=CCN(CCc1c[nH]c2ccc(OCC)cc12)C(C)C(F)F. The molecule has 3 nitrogen and oxygen atoms in total. The molecule has 5 heteroatoms. The van der Waals surface area contributed by atoms with Gasteiger partial charge < -0.3 is 9.72 Å². The lowest BCUT2D eigenvalue weighted by atomic mass is 10.1. The van der Waals surface area contributed by atoms with E-state index in [2.05, 4.69) is 11.6 Å². The fourth-order valence-electron chi connectivity index (χ4n) is 2.67. The molecule has 1 atom stereocenters. The van der Waals surface area contributed by atoms with Crippen LogP contribution < -0.4 is 4.74 Å². The van der Waals surface area contributed by atoms with Gasteiger partial charge in [-0.25, -0.2) is 8.78 Å². The van der Waals surface area contributed by atoms with Gasteiger partial charge in [0.15, 0.2) is 0 Å². The second kappa shape index (κ2) is 8.11. The van der Waals surface area contributed by atoms with Crippen LogP contribution in [0.15, 0.2) is 37.1 Å². The van der Waals surface area contributed by atoms with Crippen molar-refractivity contribution in [3.63, 3.8) is 0 Å². The van der Waals surface area contributed by atoms with Gasteiger partial charge in [0.2, 0.25) is 0 Å². The molecule has 1 unspecified atom stereocenters. The largest absolute Gasteiger partial charge is 0.494 e. The number of nitrogens with zero attached hydrogens (tertiary/aromatic N) is 1. The second-order valence-electron chi connectivity index (χ2n) is 5.56. The third kappa shape index (κ3) is 4.32. The first-order valence-corrected chi connectivity index (χ1v) is 7.92. The molecule has 0 spiro atoms. The van der Waals surface area contributed by atoms with Crippen LogP contribution in [0.2, 0.25) is 0 Å². The zero-order chi connectivity index (χ0) is 16.8. The van der Waals surface area contributed by atoms with Crippen LogP contribution in [0.3, 0.4) is 0 Å². The quantitative estimate of drug-likeness (QED) is 0.699. The lowest BCUT2D eigenvalue weighted by Gasteiger charge is -2.27. The number of fused-ring (bicyclic) bond motifs is 1. The van der Waals surface area contributed by atoms with Crippen LogP contribution in [0.4, 0.5) is 8.78 Å². The molecule has 1 aromatic carbocycles. The van der Waals surface area contributed by atoms with Crippen LogP contribution in [-0.2, 0) is 6.42 Å². The summed E-state index contributed by atoms with van der Waals surface area (Å²) in [4.78, 5) is 4.98. The number of halogens is 2. The van der Waals surface area contributed by atoms with Crippen LogP contribution in [0, 0.1) is 0 Å². The minimum atomic E-state index is -2.36. The molecule has 1 N–H and O–H groups in total. The van der Waals surface area contributed by atoms with E-state index in [0.29, 0.717) is 26.1 Å². The molecule has 1 heterocycles. The average molecular weight is 322 g/mol. The highest BCUT2D eigenvalue weighted by atomic mass is 19.3. The van der Waals surface area contributed by atoms with Gasteiger partial charge in [-0.15, -0.1) is 6.58 Å². The zero-order valence-corrected chi connectivity index (χ0v) is 13.7. The monoisotopic (exact) mass is 322 g/mol. The first kappa shape index (κ1) is 17.5. The molecule has 0 saturated carbocycles. The Kier molecular flexibility index (Phi) is 6.16. The maximum Gasteiger partial charge on any atom is 0.253 e. The van der Waals surface area contributed by atoms with Gasteiger partial charge >= 0.3 is 0 Å². The molecule has 0 fully saturated rings. The molecule has 0 saturated heterocycles. The van der Waals surface area contributed by atoms with Gasteiger partial charge in [0, 0.05) is 30.2 Å². The third-order valence-corrected chi connectivity index (χ3v) is 4.02. The number of hydrogen-bond acceptors (Lipinski definition) is 2. The summed E-state index contributed by atoms with van der Waals surface area (Å²) in [5, 5.41) is 1.08. The maximum atomic E-state index is 13.0. The van der Waals surface area contributed by atoms with Crippen LogP contribution in [0.25, 0.3) is 10.9 Å². The summed E-state index contributed by atoms with van der Waals surface area (Å²) < 4.78 is 31.5. The van der Waals surface area contributed by atoms with E-state index in [1.807, 2.05) is 31.3 Å². The van der Waals surface area contributed by atoms with E-state index < -0.39 is 12.5 Å². The standard InChI is InChI=1S/C18H24F2N2O/c1-4-9-22(13(3)18(19)20)10-8-14-12-21-17-7-6-15(23-5-2)11-16(14)17/h4,6-7,11-13,18,21H,1,5,8-10H2,2-3H3. The van der Waals surface area contributed by atoms with E-state index >= 15 is 0 Å². The number of ether oxygens (including phenoxy) is 1. The molecule has 0 aliphatic heterocycles. The van der Waals surface area contributed by atoms with Crippen LogP contribution in [-0.4, -0.2) is 42.0 Å². The molecule has 2 rings (SSSR count). The highest BCUT2D eigenvalue weighted by Gasteiger charge is 2.21. The minimum absolute atomic E-state index is 0.456. The Hall–Kier alpha value is -1.88. The number of alkyl halides is 2. The van der Waals surface area contributed by atoms with Crippen molar-refractivity contribution in [1.82, 2.24) is 9.88 Å². The van der Waals surface area contributed by atoms with Crippen molar-refractivity contribution < 1.29 is 13.5 Å². The Morgan fingerprint density at radius 3 is 2.83 bits per heavy atom. The molecule has 1 aromatic heterocycles. The molecule has 0 aliphatic rings. The fourth-order valence-corrected chi connectivity index (χ4v) is 2.67. The van der Waals surface area contributed by atoms with Crippen molar-refractivity contribution in [1.29, 1.82) is 0 Å². The second-order valence-corrected chi connectivity index (χ2v) is 5.56. The highest BCUT2D eigenvalue weighted by Crippen LogP contribution is 2.24.